The molecule has 4 heteroatoms. The Morgan fingerprint density at radius 2 is 2.04 bits per heavy atom. The number of aromatic nitrogens is 1. The third-order valence-electron chi connectivity index (χ3n) is 3.59. The van der Waals surface area contributed by atoms with Crippen LogP contribution in [0, 0.1) is 6.92 Å². The Bertz CT molecular complexity index is 681. The van der Waals surface area contributed by atoms with Gasteiger partial charge in [-0.3, -0.25) is 9.78 Å². The molecule has 0 N–H and O–H groups in total. The van der Waals surface area contributed by atoms with Gasteiger partial charge in [-0.15, -0.1) is 0 Å². The maximum Gasteiger partial charge on any atom is 0.255 e. The summed E-state index contributed by atoms with van der Waals surface area (Å²) in [5.41, 5.74) is 3.23. The Kier molecular flexibility index (Phi) is 5.74. The van der Waals surface area contributed by atoms with E-state index in [0.29, 0.717) is 17.9 Å². The molecule has 0 bridgehead atoms. The highest BCUT2D eigenvalue weighted by atomic mass is 16.5. The zero-order valence-corrected chi connectivity index (χ0v) is 14.3. The predicted octanol–water partition coefficient (Wildman–Crippen LogP) is 3.94. The highest BCUT2D eigenvalue weighted by molar-refractivity contribution is 6.00. The van der Waals surface area contributed by atoms with Crippen molar-refractivity contribution in [3.63, 3.8) is 0 Å². The summed E-state index contributed by atoms with van der Waals surface area (Å²) in [4.78, 5) is 18.5. The zero-order chi connectivity index (χ0) is 16.8. The second-order valence-corrected chi connectivity index (χ2v) is 5.80. The van der Waals surface area contributed by atoms with Gasteiger partial charge in [0, 0.05) is 25.9 Å². The second-order valence-electron chi connectivity index (χ2n) is 5.80. The van der Waals surface area contributed by atoms with Crippen molar-refractivity contribution >= 4 is 5.91 Å². The lowest BCUT2D eigenvalue weighted by molar-refractivity contribution is 0.0828. The molecule has 0 atom stereocenters. The van der Waals surface area contributed by atoms with E-state index in [2.05, 4.69) is 11.9 Å². The van der Waals surface area contributed by atoms with Gasteiger partial charge in [-0.1, -0.05) is 25.0 Å². The van der Waals surface area contributed by atoms with E-state index in [1.165, 1.54) is 0 Å². The first-order valence-corrected chi connectivity index (χ1v) is 7.95. The molecule has 0 saturated heterocycles. The van der Waals surface area contributed by atoms with Crippen LogP contribution in [0.2, 0.25) is 0 Å². The molecule has 0 aliphatic rings. The normalized spacial score (nSPS) is 10.4. The van der Waals surface area contributed by atoms with E-state index in [4.69, 9.17) is 4.74 Å². The lowest BCUT2D eigenvalue weighted by Gasteiger charge is -2.16. The van der Waals surface area contributed by atoms with Gasteiger partial charge in [0.15, 0.2) is 0 Å². The average Bonchev–Trinajstić information content (AvgIpc) is 2.55. The maximum atomic E-state index is 12.4. The number of ether oxygens (including phenoxy) is 1. The van der Waals surface area contributed by atoms with Gasteiger partial charge < -0.3 is 9.64 Å². The smallest absolute Gasteiger partial charge is 0.255 e. The third-order valence-corrected chi connectivity index (χ3v) is 3.59. The lowest BCUT2D eigenvalue weighted by Crippen LogP contribution is -2.22. The number of benzene rings is 1. The molecule has 0 aliphatic heterocycles. The number of rotatable bonds is 6. The van der Waals surface area contributed by atoms with E-state index in [1.54, 1.807) is 31.3 Å². The number of amides is 1. The van der Waals surface area contributed by atoms with Crippen LogP contribution in [-0.2, 0) is 0 Å². The number of aryl methyl sites for hydroxylation is 1. The Morgan fingerprint density at radius 3 is 2.74 bits per heavy atom. The van der Waals surface area contributed by atoms with E-state index in [-0.39, 0.29) is 5.91 Å². The Balaban J connectivity index is 2.49. The fraction of sp³-hybridized carbons (Fsp3) is 0.368. The maximum absolute atomic E-state index is 12.4. The molecule has 1 aromatic heterocycles. The van der Waals surface area contributed by atoms with Gasteiger partial charge in [-0.25, -0.2) is 0 Å². The van der Waals surface area contributed by atoms with Crippen LogP contribution in [-0.4, -0.2) is 36.5 Å². The van der Waals surface area contributed by atoms with E-state index < -0.39 is 0 Å². The summed E-state index contributed by atoms with van der Waals surface area (Å²) < 4.78 is 5.92. The number of hydrogen-bond acceptors (Lipinski definition) is 3. The molecule has 23 heavy (non-hydrogen) atoms. The van der Waals surface area contributed by atoms with Crippen molar-refractivity contribution < 1.29 is 9.53 Å². The average molecular weight is 312 g/mol. The first-order valence-electron chi connectivity index (χ1n) is 7.95. The molecule has 0 spiro atoms. The van der Waals surface area contributed by atoms with E-state index in [0.717, 1.165) is 29.7 Å². The minimum absolute atomic E-state index is 0.0610. The van der Waals surface area contributed by atoms with Gasteiger partial charge in [-0.05, 0) is 37.6 Å². The Hall–Kier alpha value is -2.36. The molecule has 122 valence electrons. The monoisotopic (exact) mass is 312 g/mol. The minimum Gasteiger partial charge on any atom is -0.493 e. The van der Waals surface area contributed by atoms with Crippen LogP contribution in [0.3, 0.4) is 0 Å². The molecule has 4 nitrogen and oxygen atoms in total. The van der Waals surface area contributed by atoms with Crippen LogP contribution in [0.4, 0.5) is 0 Å². The number of nitrogens with zero attached hydrogens (tertiary/aromatic N) is 2. The first-order chi connectivity index (χ1) is 11.0. The SMILES string of the molecule is CCCCOc1ccc(C)cc1-c1ncccc1C(=O)N(C)C. The largest absolute Gasteiger partial charge is 0.493 e. The van der Waals surface area contributed by atoms with Crippen LogP contribution in [0.15, 0.2) is 36.5 Å². The molecule has 2 rings (SSSR count). The molecule has 0 aliphatic carbocycles. The van der Waals surface area contributed by atoms with Crippen molar-refractivity contribution in [1.82, 2.24) is 9.88 Å². The van der Waals surface area contributed by atoms with Crippen molar-refractivity contribution in [3.8, 4) is 17.0 Å². The van der Waals surface area contributed by atoms with Crippen LogP contribution in [0.1, 0.15) is 35.7 Å². The predicted molar refractivity (Wildman–Crippen MR) is 92.8 cm³/mol. The minimum atomic E-state index is -0.0610. The molecule has 1 heterocycles. The second kappa shape index (κ2) is 7.77. The Morgan fingerprint density at radius 1 is 1.26 bits per heavy atom. The number of unbranched alkanes of at least 4 members (excludes halogenated alkanes) is 1. The summed E-state index contributed by atoms with van der Waals surface area (Å²) >= 11 is 0. The van der Waals surface area contributed by atoms with Gasteiger partial charge in [-0.2, -0.15) is 0 Å². The number of carbonyl (C=O) groups excluding carboxylic acids is 1. The summed E-state index contributed by atoms with van der Waals surface area (Å²) in [7, 11) is 3.49. The molecular weight excluding hydrogens is 288 g/mol. The van der Waals surface area contributed by atoms with Crippen molar-refractivity contribution in [3.05, 3.63) is 47.7 Å². The number of carbonyl (C=O) groups is 1. The van der Waals surface area contributed by atoms with Crippen LogP contribution >= 0.6 is 0 Å². The summed E-state index contributed by atoms with van der Waals surface area (Å²) in [6.07, 6.45) is 3.79. The molecule has 0 fully saturated rings. The van der Waals surface area contributed by atoms with Gasteiger partial charge in [0.2, 0.25) is 0 Å². The quantitative estimate of drug-likeness (QED) is 0.759. The first kappa shape index (κ1) is 17.0. The van der Waals surface area contributed by atoms with Gasteiger partial charge in [0.25, 0.3) is 5.91 Å². The van der Waals surface area contributed by atoms with Crippen molar-refractivity contribution in [2.45, 2.75) is 26.7 Å². The number of hydrogen-bond donors (Lipinski definition) is 0. The third kappa shape index (κ3) is 4.09. The molecule has 2 aromatic rings. The lowest BCUT2D eigenvalue weighted by atomic mass is 10.0. The van der Waals surface area contributed by atoms with Gasteiger partial charge >= 0.3 is 0 Å². The van der Waals surface area contributed by atoms with Gasteiger partial charge in [0.1, 0.15) is 5.75 Å². The topological polar surface area (TPSA) is 42.4 Å². The molecule has 1 amide bonds. The fourth-order valence-electron chi connectivity index (χ4n) is 2.31. The molecule has 0 unspecified atom stereocenters. The zero-order valence-electron chi connectivity index (χ0n) is 14.3. The van der Waals surface area contributed by atoms with Crippen LogP contribution < -0.4 is 4.74 Å². The van der Waals surface area contributed by atoms with Gasteiger partial charge in [0.05, 0.1) is 17.9 Å². The molecule has 0 radical (unpaired) electrons. The van der Waals surface area contributed by atoms with Crippen LogP contribution in [0.5, 0.6) is 5.75 Å². The van der Waals surface area contributed by atoms with Crippen molar-refractivity contribution in [1.29, 1.82) is 0 Å². The molecule has 0 saturated carbocycles. The van der Waals surface area contributed by atoms with E-state index >= 15 is 0 Å². The summed E-state index contributed by atoms with van der Waals surface area (Å²) in [6.45, 7) is 4.82. The number of pyridine rings is 1. The summed E-state index contributed by atoms with van der Waals surface area (Å²) in [5, 5.41) is 0. The highest BCUT2D eigenvalue weighted by Gasteiger charge is 2.18. The van der Waals surface area contributed by atoms with E-state index in [9.17, 15) is 4.79 Å². The van der Waals surface area contributed by atoms with Crippen molar-refractivity contribution in [2.75, 3.05) is 20.7 Å². The molecular formula is C19H24N2O2. The standard InChI is InChI=1S/C19H24N2O2/c1-5-6-12-23-17-10-9-14(2)13-16(17)18-15(8-7-11-20-18)19(22)21(3)4/h7-11,13H,5-6,12H2,1-4H3. The highest BCUT2D eigenvalue weighted by Crippen LogP contribution is 2.32. The summed E-state index contributed by atoms with van der Waals surface area (Å²) in [5.74, 6) is 0.713. The van der Waals surface area contributed by atoms with Crippen molar-refractivity contribution in [2.24, 2.45) is 0 Å². The van der Waals surface area contributed by atoms with E-state index in [1.807, 2.05) is 31.2 Å². The summed E-state index contributed by atoms with van der Waals surface area (Å²) in [6, 6.07) is 9.59. The fourth-order valence-corrected chi connectivity index (χ4v) is 2.31. The Labute approximate surface area is 138 Å². The van der Waals surface area contributed by atoms with Crippen LogP contribution in [0.25, 0.3) is 11.3 Å². The molecule has 1 aromatic carbocycles.